The zero-order valence-corrected chi connectivity index (χ0v) is 8.26. The zero-order valence-electron chi connectivity index (χ0n) is 7.44. The molecule has 1 amide bonds. The van der Waals surface area contributed by atoms with E-state index in [-0.39, 0.29) is 17.4 Å². The van der Waals surface area contributed by atoms with Crippen LogP contribution >= 0.6 is 11.8 Å². The maximum atomic E-state index is 10.8. The third-order valence-corrected chi connectivity index (χ3v) is 2.33. The van der Waals surface area contributed by atoms with E-state index in [2.05, 4.69) is 5.32 Å². The van der Waals surface area contributed by atoms with Crippen LogP contribution in [-0.4, -0.2) is 29.8 Å². The van der Waals surface area contributed by atoms with Gasteiger partial charge >= 0.3 is 5.97 Å². The Morgan fingerprint density at radius 1 is 1.57 bits per heavy atom. The fraction of sp³-hybridized carbons (Fsp3) is 0.250. The predicted molar refractivity (Wildman–Crippen MR) is 50.5 cm³/mol. The van der Waals surface area contributed by atoms with Gasteiger partial charge in [-0.05, 0) is 12.1 Å². The second-order valence-corrected chi connectivity index (χ2v) is 3.37. The first-order valence-electron chi connectivity index (χ1n) is 3.80. The molecule has 0 unspecified atom stereocenters. The molecule has 0 fully saturated rings. The van der Waals surface area contributed by atoms with Gasteiger partial charge in [0.05, 0.1) is 5.75 Å². The number of carboxylic acids is 1. The number of amides is 1. The summed E-state index contributed by atoms with van der Waals surface area (Å²) in [6, 6.07) is 2.88. The van der Waals surface area contributed by atoms with Crippen LogP contribution in [0.5, 0.6) is 0 Å². The molecule has 0 atom stereocenters. The maximum Gasteiger partial charge on any atom is 0.371 e. The van der Waals surface area contributed by atoms with Crippen molar-refractivity contribution >= 4 is 23.6 Å². The molecule has 5 nitrogen and oxygen atoms in total. The van der Waals surface area contributed by atoms with E-state index in [4.69, 9.17) is 9.52 Å². The monoisotopic (exact) mass is 215 g/mol. The molecule has 0 aliphatic rings. The molecular formula is C8H9NO4S. The molecular weight excluding hydrogens is 206 g/mol. The molecule has 2 N–H and O–H groups in total. The molecule has 0 radical (unpaired) electrons. The lowest BCUT2D eigenvalue weighted by Crippen LogP contribution is -2.19. The van der Waals surface area contributed by atoms with Gasteiger partial charge < -0.3 is 14.8 Å². The van der Waals surface area contributed by atoms with Gasteiger partial charge in [-0.3, -0.25) is 4.79 Å². The quantitative estimate of drug-likeness (QED) is 0.727. The lowest BCUT2D eigenvalue weighted by Gasteiger charge is -1.95. The van der Waals surface area contributed by atoms with E-state index in [1.807, 2.05) is 0 Å². The number of carboxylic acid groups (broad SMARTS) is 1. The Hall–Kier alpha value is -1.43. The fourth-order valence-corrected chi connectivity index (χ4v) is 1.45. The summed E-state index contributed by atoms with van der Waals surface area (Å²) in [5.41, 5.74) is 0. The Balaban J connectivity index is 2.52. The number of hydrogen-bond donors (Lipinski definition) is 2. The molecule has 0 aliphatic carbocycles. The first kappa shape index (κ1) is 10.6. The average Bonchev–Trinajstić information content (AvgIpc) is 2.62. The molecule has 14 heavy (non-hydrogen) atoms. The number of carbonyl (C=O) groups is 2. The zero-order chi connectivity index (χ0) is 10.6. The average molecular weight is 215 g/mol. The van der Waals surface area contributed by atoms with Gasteiger partial charge in [-0.25, -0.2) is 4.79 Å². The van der Waals surface area contributed by atoms with Crippen LogP contribution in [0.2, 0.25) is 0 Å². The van der Waals surface area contributed by atoms with Crippen LogP contribution in [-0.2, 0) is 4.79 Å². The molecule has 1 rings (SSSR count). The van der Waals surface area contributed by atoms with E-state index >= 15 is 0 Å². The minimum absolute atomic E-state index is 0.121. The number of nitrogens with one attached hydrogen (secondary N) is 1. The Morgan fingerprint density at radius 3 is 2.79 bits per heavy atom. The molecule has 1 heterocycles. The van der Waals surface area contributed by atoms with E-state index in [0.717, 1.165) is 11.8 Å². The molecule has 0 aromatic carbocycles. The van der Waals surface area contributed by atoms with Crippen molar-refractivity contribution in [3.63, 3.8) is 0 Å². The summed E-state index contributed by atoms with van der Waals surface area (Å²) < 4.78 is 4.92. The third-order valence-electron chi connectivity index (χ3n) is 1.42. The lowest BCUT2D eigenvalue weighted by molar-refractivity contribution is -0.118. The van der Waals surface area contributed by atoms with Crippen molar-refractivity contribution in [2.24, 2.45) is 0 Å². The molecule has 6 heteroatoms. The molecule has 0 bridgehead atoms. The molecule has 0 saturated carbocycles. The van der Waals surface area contributed by atoms with E-state index in [1.54, 1.807) is 0 Å². The van der Waals surface area contributed by atoms with Crippen molar-refractivity contribution in [3.05, 3.63) is 17.9 Å². The third kappa shape index (κ3) is 2.81. The fourth-order valence-electron chi connectivity index (χ4n) is 0.722. The Kier molecular flexibility index (Phi) is 3.58. The van der Waals surface area contributed by atoms with Crippen molar-refractivity contribution in [3.8, 4) is 0 Å². The van der Waals surface area contributed by atoms with Gasteiger partial charge in [-0.1, -0.05) is 11.8 Å². The Morgan fingerprint density at radius 2 is 2.29 bits per heavy atom. The van der Waals surface area contributed by atoms with Crippen molar-refractivity contribution < 1.29 is 19.1 Å². The van der Waals surface area contributed by atoms with Crippen LogP contribution < -0.4 is 5.32 Å². The van der Waals surface area contributed by atoms with Crippen LogP contribution in [0.15, 0.2) is 21.6 Å². The van der Waals surface area contributed by atoms with Gasteiger partial charge in [0.1, 0.15) is 0 Å². The lowest BCUT2D eigenvalue weighted by atomic mass is 10.5. The van der Waals surface area contributed by atoms with E-state index in [9.17, 15) is 9.59 Å². The predicted octanol–water partition coefficient (Wildman–Crippen LogP) is 0.816. The molecule has 76 valence electrons. The number of furan rings is 1. The van der Waals surface area contributed by atoms with Gasteiger partial charge in [-0.2, -0.15) is 0 Å². The summed E-state index contributed by atoms with van der Waals surface area (Å²) in [6.45, 7) is 0. The smallest absolute Gasteiger partial charge is 0.371 e. The topological polar surface area (TPSA) is 79.5 Å². The van der Waals surface area contributed by atoms with E-state index in [0.29, 0.717) is 5.09 Å². The Bertz CT molecular complexity index is 347. The van der Waals surface area contributed by atoms with Crippen LogP contribution in [0.25, 0.3) is 0 Å². The first-order chi connectivity index (χ1) is 6.63. The van der Waals surface area contributed by atoms with E-state index < -0.39 is 5.97 Å². The molecule has 0 saturated heterocycles. The minimum Gasteiger partial charge on any atom is -0.475 e. The summed E-state index contributed by atoms with van der Waals surface area (Å²) in [7, 11) is 1.54. The Labute approximate surface area is 84.5 Å². The minimum atomic E-state index is -1.11. The summed E-state index contributed by atoms with van der Waals surface area (Å²) >= 11 is 1.15. The summed E-state index contributed by atoms with van der Waals surface area (Å²) in [5, 5.41) is 11.4. The molecule has 1 aromatic rings. The molecule has 1 aromatic heterocycles. The van der Waals surface area contributed by atoms with Gasteiger partial charge in [-0.15, -0.1) is 0 Å². The highest BCUT2D eigenvalue weighted by molar-refractivity contribution is 7.99. The summed E-state index contributed by atoms with van der Waals surface area (Å²) in [6.07, 6.45) is 0. The van der Waals surface area contributed by atoms with Gasteiger partial charge in [0, 0.05) is 7.05 Å². The van der Waals surface area contributed by atoms with Crippen LogP contribution in [0.1, 0.15) is 10.6 Å². The van der Waals surface area contributed by atoms with Gasteiger partial charge in [0.25, 0.3) is 0 Å². The number of aromatic carboxylic acids is 1. The summed E-state index contributed by atoms with van der Waals surface area (Å²) in [4.78, 5) is 21.3. The van der Waals surface area contributed by atoms with Crippen molar-refractivity contribution in [2.75, 3.05) is 12.8 Å². The van der Waals surface area contributed by atoms with E-state index in [1.165, 1.54) is 19.2 Å². The second kappa shape index (κ2) is 4.71. The first-order valence-corrected chi connectivity index (χ1v) is 4.78. The van der Waals surface area contributed by atoms with Crippen LogP contribution in [0, 0.1) is 0 Å². The largest absolute Gasteiger partial charge is 0.475 e. The second-order valence-electron chi connectivity index (χ2n) is 2.39. The highest BCUT2D eigenvalue weighted by Gasteiger charge is 2.09. The SMILES string of the molecule is CNC(=O)CSc1ccc(C(=O)O)o1. The molecule has 0 aliphatic heterocycles. The van der Waals surface area contributed by atoms with Crippen molar-refractivity contribution in [1.29, 1.82) is 0 Å². The number of hydrogen-bond acceptors (Lipinski definition) is 4. The maximum absolute atomic E-state index is 10.8. The van der Waals surface area contributed by atoms with Crippen LogP contribution in [0.3, 0.4) is 0 Å². The van der Waals surface area contributed by atoms with Crippen molar-refractivity contribution in [2.45, 2.75) is 5.09 Å². The van der Waals surface area contributed by atoms with Gasteiger partial charge in [0.15, 0.2) is 5.09 Å². The standard InChI is InChI=1S/C8H9NO4S/c1-9-6(10)4-14-7-3-2-5(13-7)8(11)12/h2-3H,4H2,1H3,(H,9,10)(H,11,12). The highest BCUT2D eigenvalue weighted by Crippen LogP contribution is 2.20. The van der Waals surface area contributed by atoms with Crippen LogP contribution in [0.4, 0.5) is 0 Å². The van der Waals surface area contributed by atoms with Crippen molar-refractivity contribution in [1.82, 2.24) is 5.32 Å². The summed E-state index contributed by atoms with van der Waals surface area (Å²) in [5.74, 6) is -1.16. The van der Waals surface area contributed by atoms with Gasteiger partial charge in [0.2, 0.25) is 11.7 Å². The molecule has 0 spiro atoms. The highest BCUT2D eigenvalue weighted by atomic mass is 32.2. The normalized spacial score (nSPS) is 9.79. The number of carbonyl (C=O) groups excluding carboxylic acids is 1. The number of thioether (sulfide) groups is 1. The number of rotatable bonds is 4.